The maximum atomic E-state index is 14.1. The molecule has 0 radical (unpaired) electrons. The van der Waals surface area contributed by atoms with Crippen molar-refractivity contribution in [1.82, 2.24) is 4.90 Å². The van der Waals surface area contributed by atoms with E-state index in [9.17, 15) is 9.18 Å². The van der Waals surface area contributed by atoms with E-state index in [0.29, 0.717) is 12.1 Å². The van der Waals surface area contributed by atoms with Gasteiger partial charge in [0.25, 0.3) is 0 Å². The molecule has 0 saturated carbocycles. The zero-order valence-electron chi connectivity index (χ0n) is 11.2. The predicted molar refractivity (Wildman–Crippen MR) is 74.6 cm³/mol. The number of alkyl halides is 1. The Morgan fingerprint density at radius 3 is 2.79 bits per heavy atom. The lowest BCUT2D eigenvalue weighted by atomic mass is 9.99. The lowest BCUT2D eigenvalue weighted by Crippen LogP contribution is -2.40. The van der Waals surface area contributed by atoms with E-state index in [4.69, 9.17) is 4.74 Å². The first-order chi connectivity index (χ1) is 8.78. The monoisotopic (exact) mass is 329 g/mol. The number of rotatable bonds is 0. The number of fused-ring (bicyclic) bond motifs is 1. The zero-order chi connectivity index (χ0) is 14.2. The average molecular weight is 330 g/mol. The molecule has 0 aromatic heterocycles. The van der Waals surface area contributed by atoms with Crippen molar-refractivity contribution >= 4 is 22.0 Å². The van der Waals surface area contributed by atoms with Crippen LogP contribution in [0.4, 0.5) is 9.18 Å². The van der Waals surface area contributed by atoms with E-state index in [1.807, 2.05) is 6.07 Å². The van der Waals surface area contributed by atoms with E-state index in [0.717, 1.165) is 10.0 Å². The van der Waals surface area contributed by atoms with Gasteiger partial charge in [0.15, 0.2) is 0 Å². The summed E-state index contributed by atoms with van der Waals surface area (Å²) < 4.78 is 20.2. The lowest BCUT2D eigenvalue weighted by molar-refractivity contribution is 0.0158. The van der Waals surface area contributed by atoms with E-state index in [2.05, 4.69) is 15.9 Å². The molecule has 1 aliphatic rings. The van der Waals surface area contributed by atoms with Crippen molar-refractivity contribution in [1.29, 1.82) is 0 Å². The second-order valence-electron chi connectivity index (χ2n) is 5.64. The fourth-order valence-corrected chi connectivity index (χ4v) is 2.56. The van der Waals surface area contributed by atoms with Gasteiger partial charge >= 0.3 is 6.09 Å². The molecule has 0 N–H and O–H groups in total. The van der Waals surface area contributed by atoms with Crippen molar-refractivity contribution in [3.8, 4) is 0 Å². The van der Waals surface area contributed by atoms with E-state index in [1.54, 1.807) is 32.9 Å². The maximum Gasteiger partial charge on any atom is 0.410 e. The quantitative estimate of drug-likeness (QED) is 0.713. The number of hydrogen-bond donors (Lipinski definition) is 0. The highest BCUT2D eigenvalue weighted by atomic mass is 79.9. The topological polar surface area (TPSA) is 29.5 Å². The number of amides is 1. The smallest absolute Gasteiger partial charge is 0.410 e. The number of halogens is 2. The molecule has 104 valence electrons. The molecule has 1 aromatic carbocycles. The Balaban J connectivity index is 2.21. The summed E-state index contributed by atoms with van der Waals surface area (Å²) in [6.45, 7) is 5.80. The summed E-state index contributed by atoms with van der Waals surface area (Å²) >= 11 is 3.40. The molecule has 0 fully saturated rings. The highest BCUT2D eigenvalue weighted by molar-refractivity contribution is 9.10. The Morgan fingerprint density at radius 1 is 1.47 bits per heavy atom. The summed E-state index contributed by atoms with van der Waals surface area (Å²) in [5, 5.41) is 0. The lowest BCUT2D eigenvalue weighted by Gasteiger charge is -2.33. The normalized spacial score (nSPS) is 19.0. The number of nitrogens with zero attached hydrogens (tertiary/aromatic N) is 1. The molecule has 5 heteroatoms. The van der Waals surface area contributed by atoms with Gasteiger partial charge in [0.05, 0.1) is 13.1 Å². The van der Waals surface area contributed by atoms with Crippen molar-refractivity contribution < 1.29 is 13.9 Å². The highest BCUT2D eigenvalue weighted by Gasteiger charge is 2.31. The second kappa shape index (κ2) is 5.12. The van der Waals surface area contributed by atoms with Gasteiger partial charge in [-0.15, -0.1) is 0 Å². The molecule has 0 unspecified atom stereocenters. The summed E-state index contributed by atoms with van der Waals surface area (Å²) in [7, 11) is 0. The highest BCUT2D eigenvalue weighted by Crippen LogP contribution is 2.34. The molecule has 3 nitrogen and oxygen atoms in total. The molecule has 2 rings (SSSR count). The van der Waals surface area contributed by atoms with E-state index >= 15 is 0 Å². The molecule has 1 aromatic rings. The molecule has 1 aliphatic heterocycles. The van der Waals surface area contributed by atoms with Gasteiger partial charge in [0.2, 0.25) is 0 Å². The predicted octanol–water partition coefficient (Wildman–Crippen LogP) is 4.21. The Labute approximate surface area is 120 Å². The van der Waals surface area contributed by atoms with Crippen LogP contribution in [0.1, 0.15) is 38.1 Å². The van der Waals surface area contributed by atoms with Crippen LogP contribution in [0.2, 0.25) is 0 Å². The summed E-state index contributed by atoms with van der Waals surface area (Å²) in [6.07, 6.45) is -1.65. The number of ether oxygens (including phenoxy) is 1. The van der Waals surface area contributed by atoms with Crippen molar-refractivity contribution in [2.45, 2.75) is 39.1 Å². The van der Waals surface area contributed by atoms with Gasteiger partial charge < -0.3 is 9.64 Å². The second-order valence-corrected chi connectivity index (χ2v) is 6.49. The van der Waals surface area contributed by atoms with E-state index in [1.165, 1.54) is 4.90 Å². The van der Waals surface area contributed by atoms with Crippen LogP contribution < -0.4 is 0 Å². The van der Waals surface area contributed by atoms with Crippen molar-refractivity contribution in [3.63, 3.8) is 0 Å². The maximum absolute atomic E-state index is 14.1. The summed E-state index contributed by atoms with van der Waals surface area (Å²) in [6, 6.07) is 5.42. The first-order valence-corrected chi connectivity index (χ1v) is 6.96. The fraction of sp³-hybridized carbons (Fsp3) is 0.500. The standard InChI is InChI=1S/C14H17BrFNO2/c1-14(2,3)19-13(18)17-7-10-9(12(16)8-17)5-4-6-11(10)15/h4-6,12H,7-8H2,1-3H3/t12-/m1/s1. The van der Waals surface area contributed by atoms with Crippen molar-refractivity contribution in [2.75, 3.05) is 6.54 Å². The summed E-state index contributed by atoms with van der Waals surface area (Å²) in [5.74, 6) is 0. The van der Waals surface area contributed by atoms with Crippen LogP contribution in [0.5, 0.6) is 0 Å². The van der Waals surface area contributed by atoms with E-state index in [-0.39, 0.29) is 6.54 Å². The average Bonchev–Trinajstić information content (AvgIpc) is 2.28. The summed E-state index contributed by atoms with van der Waals surface area (Å²) in [4.78, 5) is 13.4. The first kappa shape index (κ1) is 14.3. The van der Waals surface area contributed by atoms with Crippen LogP contribution in [-0.2, 0) is 11.3 Å². The fourth-order valence-electron chi connectivity index (χ4n) is 2.05. The number of hydrogen-bond acceptors (Lipinski definition) is 2. The Bertz CT molecular complexity index is 499. The number of carbonyl (C=O) groups excluding carboxylic acids is 1. The van der Waals surface area contributed by atoms with Crippen LogP contribution >= 0.6 is 15.9 Å². The third kappa shape index (κ3) is 3.26. The molecule has 0 spiro atoms. The van der Waals surface area contributed by atoms with Gasteiger partial charge in [-0.3, -0.25) is 0 Å². The minimum Gasteiger partial charge on any atom is -0.444 e. The SMILES string of the molecule is CC(C)(C)OC(=O)N1Cc2c(Br)cccc2[C@H](F)C1. The van der Waals surface area contributed by atoms with Gasteiger partial charge in [0, 0.05) is 4.47 Å². The van der Waals surface area contributed by atoms with E-state index < -0.39 is 17.9 Å². The molecule has 0 bridgehead atoms. The van der Waals surface area contributed by atoms with Crippen LogP contribution in [0, 0.1) is 0 Å². The van der Waals surface area contributed by atoms with Crippen LogP contribution in [0.15, 0.2) is 22.7 Å². The minimum atomic E-state index is -1.17. The van der Waals surface area contributed by atoms with Crippen LogP contribution in [0.25, 0.3) is 0 Å². The Kier molecular flexibility index (Phi) is 3.85. The first-order valence-electron chi connectivity index (χ1n) is 6.17. The number of benzene rings is 1. The van der Waals surface area contributed by atoms with Crippen molar-refractivity contribution in [2.24, 2.45) is 0 Å². The molecule has 0 aliphatic carbocycles. The molecule has 0 saturated heterocycles. The van der Waals surface area contributed by atoms with Gasteiger partial charge in [-0.1, -0.05) is 28.1 Å². The number of carbonyl (C=O) groups is 1. The summed E-state index contributed by atoms with van der Waals surface area (Å²) in [5.41, 5.74) is 0.887. The van der Waals surface area contributed by atoms with Gasteiger partial charge in [-0.05, 0) is 38.0 Å². The molecular formula is C14H17BrFNO2. The Morgan fingerprint density at radius 2 is 2.16 bits per heavy atom. The van der Waals surface area contributed by atoms with Gasteiger partial charge in [-0.25, -0.2) is 9.18 Å². The molecule has 1 amide bonds. The molecule has 1 atom stereocenters. The molecular weight excluding hydrogens is 313 g/mol. The van der Waals surface area contributed by atoms with Gasteiger partial charge in [0.1, 0.15) is 11.8 Å². The minimum absolute atomic E-state index is 0.0400. The third-order valence-corrected chi connectivity index (χ3v) is 3.62. The third-order valence-electron chi connectivity index (χ3n) is 2.87. The van der Waals surface area contributed by atoms with Crippen LogP contribution in [0.3, 0.4) is 0 Å². The largest absolute Gasteiger partial charge is 0.444 e. The van der Waals surface area contributed by atoms with Crippen molar-refractivity contribution in [3.05, 3.63) is 33.8 Å². The van der Waals surface area contributed by atoms with Gasteiger partial charge in [-0.2, -0.15) is 0 Å². The van der Waals surface area contributed by atoms with Crippen LogP contribution in [-0.4, -0.2) is 23.1 Å². The Hall–Kier alpha value is -1.10. The molecule has 19 heavy (non-hydrogen) atoms. The molecule has 1 heterocycles. The zero-order valence-corrected chi connectivity index (χ0v) is 12.8.